The van der Waals surface area contributed by atoms with Crippen molar-refractivity contribution in [1.82, 2.24) is 14.8 Å². The van der Waals surface area contributed by atoms with Crippen LogP contribution in [0.4, 0.5) is 0 Å². The van der Waals surface area contributed by atoms with Crippen LogP contribution in [-0.2, 0) is 4.79 Å². The average Bonchev–Trinajstić information content (AvgIpc) is 3.29. The van der Waals surface area contributed by atoms with Gasteiger partial charge in [-0.3, -0.25) is 9.59 Å². The number of thiazole rings is 1. The molecule has 2 aliphatic rings. The van der Waals surface area contributed by atoms with E-state index in [1.165, 1.54) is 16.9 Å². The number of hydrogen-bond donors (Lipinski definition) is 0. The number of piperidine rings is 2. The first-order valence-electron chi connectivity index (χ1n) is 11.6. The van der Waals surface area contributed by atoms with E-state index in [0.717, 1.165) is 55.3 Å². The highest BCUT2D eigenvalue weighted by molar-refractivity contribution is 7.13. The number of hydrogen-bond acceptors (Lipinski definition) is 4. The van der Waals surface area contributed by atoms with Crippen molar-refractivity contribution in [2.24, 2.45) is 11.8 Å². The number of aromatic nitrogens is 1. The van der Waals surface area contributed by atoms with Crippen molar-refractivity contribution in [2.45, 2.75) is 52.4 Å². The third-order valence-corrected chi connectivity index (χ3v) is 7.67. The summed E-state index contributed by atoms with van der Waals surface area (Å²) in [5.41, 5.74) is 2.87. The molecule has 0 unspecified atom stereocenters. The zero-order chi connectivity index (χ0) is 22.0. The predicted octanol–water partition coefficient (Wildman–Crippen LogP) is 5.04. The molecule has 0 saturated carbocycles. The van der Waals surface area contributed by atoms with E-state index in [1.807, 2.05) is 15.2 Å². The van der Waals surface area contributed by atoms with E-state index >= 15 is 0 Å². The van der Waals surface area contributed by atoms with Crippen molar-refractivity contribution in [3.05, 3.63) is 40.9 Å². The van der Waals surface area contributed by atoms with Gasteiger partial charge in [0.15, 0.2) is 0 Å². The number of amides is 2. The molecule has 1 aromatic carbocycles. The van der Waals surface area contributed by atoms with E-state index in [9.17, 15) is 9.59 Å². The minimum absolute atomic E-state index is 0.0148. The molecular formula is C25H33N3O2S. The number of benzene rings is 1. The molecule has 2 fully saturated rings. The number of likely N-dealkylation sites (tertiary alicyclic amines) is 2. The normalized spacial score (nSPS) is 18.6. The summed E-state index contributed by atoms with van der Waals surface area (Å²) in [6.07, 6.45) is 3.72. The minimum atomic E-state index is -0.0148. The lowest BCUT2D eigenvalue weighted by Gasteiger charge is -2.36. The monoisotopic (exact) mass is 439 g/mol. The molecule has 6 heteroatoms. The maximum Gasteiger partial charge on any atom is 0.273 e. The molecular weight excluding hydrogens is 406 g/mol. The first-order chi connectivity index (χ1) is 14.9. The van der Waals surface area contributed by atoms with Gasteiger partial charge in [-0.1, -0.05) is 45.0 Å². The van der Waals surface area contributed by atoms with E-state index in [4.69, 9.17) is 0 Å². The summed E-state index contributed by atoms with van der Waals surface area (Å²) in [5.74, 6) is 1.55. The Kier molecular flexibility index (Phi) is 6.75. The third-order valence-electron chi connectivity index (χ3n) is 6.77. The number of rotatable bonds is 4. The van der Waals surface area contributed by atoms with Crippen LogP contribution in [0.3, 0.4) is 0 Å². The summed E-state index contributed by atoms with van der Waals surface area (Å²) in [5, 5.41) is 2.74. The molecule has 31 heavy (non-hydrogen) atoms. The molecule has 5 nitrogen and oxygen atoms in total. The van der Waals surface area contributed by atoms with Gasteiger partial charge in [0.1, 0.15) is 10.7 Å². The van der Waals surface area contributed by atoms with Crippen LogP contribution in [-0.4, -0.2) is 52.8 Å². The lowest BCUT2D eigenvalue weighted by atomic mass is 9.92. The lowest BCUT2D eigenvalue weighted by molar-refractivity contribution is -0.138. The Bertz CT molecular complexity index is 905. The fraction of sp³-hybridized carbons (Fsp3) is 0.560. The SMILES string of the molecule is CC1CCN(C(=O)C2CCN(C(=O)c3csc(-c4ccc(C(C)C)cc4)n3)CC2)CC1. The number of nitrogens with zero attached hydrogens (tertiary/aromatic N) is 3. The fourth-order valence-electron chi connectivity index (χ4n) is 4.49. The Morgan fingerprint density at radius 1 is 0.968 bits per heavy atom. The van der Waals surface area contributed by atoms with Crippen molar-refractivity contribution in [1.29, 1.82) is 0 Å². The molecule has 3 heterocycles. The molecule has 0 spiro atoms. The van der Waals surface area contributed by atoms with Crippen LogP contribution in [0.1, 0.15) is 68.4 Å². The molecule has 0 bridgehead atoms. The second kappa shape index (κ2) is 9.51. The summed E-state index contributed by atoms with van der Waals surface area (Å²) < 4.78 is 0. The van der Waals surface area contributed by atoms with Crippen LogP contribution < -0.4 is 0 Å². The molecule has 2 aliphatic heterocycles. The van der Waals surface area contributed by atoms with Gasteiger partial charge >= 0.3 is 0 Å². The Morgan fingerprint density at radius 2 is 1.58 bits per heavy atom. The zero-order valence-corrected chi connectivity index (χ0v) is 19.7. The van der Waals surface area contributed by atoms with Crippen molar-refractivity contribution < 1.29 is 9.59 Å². The Balaban J connectivity index is 1.33. The summed E-state index contributed by atoms with van der Waals surface area (Å²) in [4.78, 5) is 34.3. The molecule has 4 rings (SSSR count). The molecule has 0 N–H and O–H groups in total. The highest BCUT2D eigenvalue weighted by Gasteiger charge is 2.32. The van der Waals surface area contributed by atoms with Gasteiger partial charge in [-0.15, -0.1) is 11.3 Å². The second-order valence-electron chi connectivity index (χ2n) is 9.39. The predicted molar refractivity (Wildman–Crippen MR) is 125 cm³/mol. The maximum atomic E-state index is 13.0. The summed E-state index contributed by atoms with van der Waals surface area (Å²) in [7, 11) is 0. The molecule has 1 aromatic heterocycles. The Hall–Kier alpha value is -2.21. The molecule has 0 atom stereocenters. The summed E-state index contributed by atoms with van der Waals surface area (Å²) >= 11 is 1.51. The van der Waals surface area contributed by atoms with Gasteiger partial charge in [-0.2, -0.15) is 0 Å². The Morgan fingerprint density at radius 3 is 2.19 bits per heavy atom. The molecule has 2 saturated heterocycles. The van der Waals surface area contributed by atoms with Crippen LogP contribution in [0, 0.1) is 11.8 Å². The molecule has 0 radical (unpaired) electrons. The van der Waals surface area contributed by atoms with Crippen molar-refractivity contribution >= 4 is 23.2 Å². The summed E-state index contributed by atoms with van der Waals surface area (Å²) in [6, 6.07) is 8.43. The average molecular weight is 440 g/mol. The van der Waals surface area contributed by atoms with Crippen molar-refractivity contribution in [3.8, 4) is 10.6 Å². The first-order valence-corrected chi connectivity index (χ1v) is 12.4. The van der Waals surface area contributed by atoms with Gasteiger partial charge in [0.05, 0.1) is 0 Å². The van der Waals surface area contributed by atoms with Gasteiger partial charge < -0.3 is 9.80 Å². The number of carbonyl (C=O) groups excluding carboxylic acids is 2. The quantitative estimate of drug-likeness (QED) is 0.670. The van der Waals surface area contributed by atoms with Crippen molar-refractivity contribution in [2.75, 3.05) is 26.2 Å². The molecule has 166 valence electrons. The van der Waals surface area contributed by atoms with Gasteiger partial charge in [-0.25, -0.2) is 4.98 Å². The van der Waals surface area contributed by atoms with E-state index in [-0.39, 0.29) is 11.8 Å². The van der Waals surface area contributed by atoms with E-state index in [2.05, 4.69) is 50.0 Å². The van der Waals surface area contributed by atoms with E-state index in [0.29, 0.717) is 30.6 Å². The van der Waals surface area contributed by atoms with Crippen molar-refractivity contribution in [3.63, 3.8) is 0 Å². The van der Waals surface area contributed by atoms with Gasteiger partial charge in [0, 0.05) is 43.0 Å². The zero-order valence-electron chi connectivity index (χ0n) is 18.8. The van der Waals surface area contributed by atoms with Crippen LogP contribution >= 0.6 is 11.3 Å². The summed E-state index contributed by atoms with van der Waals surface area (Å²) in [6.45, 7) is 9.66. The van der Waals surface area contributed by atoms with Crippen LogP contribution in [0.25, 0.3) is 10.6 Å². The van der Waals surface area contributed by atoms with E-state index < -0.39 is 0 Å². The topological polar surface area (TPSA) is 53.5 Å². The van der Waals surface area contributed by atoms with Gasteiger partial charge in [0.25, 0.3) is 5.91 Å². The van der Waals surface area contributed by atoms with Crippen LogP contribution in [0.15, 0.2) is 29.6 Å². The smallest absolute Gasteiger partial charge is 0.273 e. The third kappa shape index (κ3) is 5.00. The van der Waals surface area contributed by atoms with Crippen LogP contribution in [0.2, 0.25) is 0 Å². The fourth-order valence-corrected chi connectivity index (χ4v) is 5.29. The van der Waals surface area contributed by atoms with Crippen LogP contribution in [0.5, 0.6) is 0 Å². The maximum absolute atomic E-state index is 13.0. The minimum Gasteiger partial charge on any atom is -0.342 e. The van der Waals surface area contributed by atoms with E-state index in [1.54, 1.807) is 0 Å². The second-order valence-corrected chi connectivity index (χ2v) is 10.2. The molecule has 2 amide bonds. The molecule has 2 aromatic rings. The highest BCUT2D eigenvalue weighted by Crippen LogP contribution is 2.28. The highest BCUT2D eigenvalue weighted by atomic mass is 32.1. The molecule has 0 aliphatic carbocycles. The number of carbonyl (C=O) groups is 2. The van der Waals surface area contributed by atoms with Gasteiger partial charge in [0.2, 0.25) is 5.91 Å². The Labute approximate surface area is 189 Å². The lowest BCUT2D eigenvalue weighted by Crippen LogP contribution is -2.46. The largest absolute Gasteiger partial charge is 0.342 e. The van der Waals surface area contributed by atoms with Gasteiger partial charge in [-0.05, 0) is 43.1 Å². The first kappa shape index (κ1) is 22.0. The standard InChI is InChI=1S/C25H33N3O2S/c1-17(2)19-4-6-20(7-5-19)23-26-22(16-31-23)25(30)28-14-10-21(11-15-28)24(29)27-12-8-18(3)9-13-27/h4-7,16-18,21H,8-15H2,1-3H3.